The smallest absolute Gasteiger partial charge is 0.229 e. The van der Waals surface area contributed by atoms with Gasteiger partial charge in [-0.1, -0.05) is 17.3 Å². The van der Waals surface area contributed by atoms with Crippen molar-refractivity contribution in [1.82, 2.24) is 20.1 Å². The molecule has 0 atom stereocenters. The summed E-state index contributed by atoms with van der Waals surface area (Å²) in [5.41, 5.74) is 1.82. The second-order valence-corrected chi connectivity index (χ2v) is 9.25. The number of benzene rings is 2. The lowest BCUT2D eigenvalue weighted by atomic mass is 9.95. The molecule has 2 fully saturated rings. The summed E-state index contributed by atoms with van der Waals surface area (Å²) in [5.74, 6) is 1.87. The van der Waals surface area contributed by atoms with Crippen LogP contribution < -0.4 is 4.90 Å². The predicted molar refractivity (Wildman–Crippen MR) is 133 cm³/mol. The molecule has 2 aromatic heterocycles. The highest BCUT2D eigenvalue weighted by Crippen LogP contribution is 2.40. The van der Waals surface area contributed by atoms with E-state index in [2.05, 4.69) is 25.0 Å². The van der Waals surface area contributed by atoms with E-state index in [9.17, 15) is 13.6 Å². The van der Waals surface area contributed by atoms with Gasteiger partial charge in [-0.05, 0) is 55.0 Å². The summed E-state index contributed by atoms with van der Waals surface area (Å²) in [6.07, 6.45) is 6.02. The number of aromatic nitrogens is 4. The van der Waals surface area contributed by atoms with Crippen molar-refractivity contribution in [3.63, 3.8) is 0 Å². The monoisotopic (exact) mass is 507 g/mol. The van der Waals surface area contributed by atoms with E-state index >= 15 is 0 Å². The summed E-state index contributed by atoms with van der Waals surface area (Å²) < 4.78 is 34.7. The van der Waals surface area contributed by atoms with Crippen LogP contribution in [0.15, 0.2) is 41.2 Å². The molecule has 1 saturated carbocycles. The molecule has 0 amide bonds. The van der Waals surface area contributed by atoms with Crippen LogP contribution in [-0.4, -0.2) is 51.7 Å². The normalized spacial score (nSPS) is 15.9. The van der Waals surface area contributed by atoms with Crippen LogP contribution in [0.5, 0.6) is 0 Å². The maximum absolute atomic E-state index is 14.7. The van der Waals surface area contributed by atoms with E-state index in [1.165, 1.54) is 24.5 Å². The van der Waals surface area contributed by atoms with Gasteiger partial charge in [-0.3, -0.25) is 0 Å². The number of anilines is 1. The highest BCUT2D eigenvalue weighted by Gasteiger charge is 2.32. The fraction of sp³-hybridized carbons (Fsp3) is 0.370. The minimum Gasteiger partial charge on any atom is -0.400 e. The van der Waals surface area contributed by atoms with E-state index in [1.807, 2.05) is 0 Å². The van der Waals surface area contributed by atoms with Crippen molar-refractivity contribution in [2.75, 3.05) is 25.1 Å². The maximum atomic E-state index is 14.7. The number of hydrogen-bond donors (Lipinski definition) is 1. The number of rotatable bonds is 6. The van der Waals surface area contributed by atoms with E-state index in [4.69, 9.17) is 9.63 Å². The van der Waals surface area contributed by atoms with Crippen LogP contribution in [0.4, 0.5) is 14.6 Å². The zero-order chi connectivity index (χ0) is 25.9. The van der Waals surface area contributed by atoms with Crippen molar-refractivity contribution < 1.29 is 23.2 Å². The molecule has 192 valence electrons. The average Bonchev–Trinajstić information content (AvgIpc) is 3.66. The third-order valence-corrected chi connectivity index (χ3v) is 6.89. The summed E-state index contributed by atoms with van der Waals surface area (Å²) in [4.78, 5) is 26.4. The molecular formula is C27H27F2N5O3. The first-order valence-corrected chi connectivity index (χ1v) is 12.3. The number of halogens is 2. The molecule has 37 heavy (non-hydrogen) atoms. The summed E-state index contributed by atoms with van der Waals surface area (Å²) in [7, 11) is 1.00. The number of aliphatic hydroxyl groups is 1. The van der Waals surface area contributed by atoms with Gasteiger partial charge in [-0.15, -0.1) is 0 Å². The van der Waals surface area contributed by atoms with Crippen molar-refractivity contribution in [2.45, 2.75) is 43.9 Å². The third-order valence-electron chi connectivity index (χ3n) is 6.89. The van der Waals surface area contributed by atoms with Gasteiger partial charge >= 0.3 is 0 Å². The number of carbonyl (C=O) groups excluding carboxylic acids is 1. The molecule has 2 aliphatic rings. The Morgan fingerprint density at radius 1 is 1.05 bits per heavy atom. The van der Waals surface area contributed by atoms with Gasteiger partial charge in [-0.25, -0.2) is 18.7 Å². The van der Waals surface area contributed by atoms with E-state index in [0.717, 1.165) is 44.5 Å². The Hall–Kier alpha value is -3.79. The molecule has 0 unspecified atom stereocenters. The summed E-state index contributed by atoms with van der Waals surface area (Å²) in [5, 5.41) is 11.8. The zero-order valence-corrected chi connectivity index (χ0v) is 20.4. The summed E-state index contributed by atoms with van der Waals surface area (Å²) in [6.45, 7) is 1.43. The Morgan fingerprint density at radius 2 is 1.84 bits per heavy atom. The number of carbonyl (C=O) groups is 1. The van der Waals surface area contributed by atoms with E-state index in [-0.39, 0.29) is 12.3 Å². The van der Waals surface area contributed by atoms with Gasteiger partial charge in [0.2, 0.25) is 5.89 Å². The molecule has 1 saturated heterocycles. The van der Waals surface area contributed by atoms with Crippen molar-refractivity contribution in [2.24, 2.45) is 0 Å². The number of piperidine rings is 1. The lowest BCUT2D eigenvalue weighted by molar-refractivity contribution is -0.107. The number of aldehydes is 1. The molecule has 3 heterocycles. The molecular weight excluding hydrogens is 480 g/mol. The first-order chi connectivity index (χ1) is 18.1. The molecule has 0 spiro atoms. The van der Waals surface area contributed by atoms with Crippen molar-refractivity contribution in [1.29, 1.82) is 0 Å². The van der Waals surface area contributed by atoms with Gasteiger partial charge in [0, 0.05) is 49.4 Å². The van der Waals surface area contributed by atoms with Crippen LogP contribution in [0.25, 0.3) is 22.0 Å². The topological polar surface area (TPSA) is 105 Å². The Morgan fingerprint density at radius 3 is 2.54 bits per heavy atom. The van der Waals surface area contributed by atoms with E-state index < -0.39 is 11.6 Å². The highest BCUT2D eigenvalue weighted by molar-refractivity contribution is 5.99. The first kappa shape index (κ1) is 24.9. The van der Waals surface area contributed by atoms with Gasteiger partial charge in [0.1, 0.15) is 30.1 Å². The van der Waals surface area contributed by atoms with Crippen molar-refractivity contribution in [3.8, 4) is 11.1 Å². The molecule has 1 N–H and O–H groups in total. The summed E-state index contributed by atoms with van der Waals surface area (Å²) >= 11 is 0. The SMILES string of the molecule is CO.O=CCc1ccc(-c2cc(F)cc3c(N4CCC(c5noc(C6CC6)n5)CC4)ncnc23)cc1F. The Balaban J connectivity index is 0.00000137. The molecule has 10 heteroatoms. The number of aliphatic hydroxyl groups excluding tert-OH is 1. The van der Waals surface area contributed by atoms with E-state index in [1.54, 1.807) is 12.1 Å². The van der Waals surface area contributed by atoms with Crippen LogP contribution in [0.3, 0.4) is 0 Å². The van der Waals surface area contributed by atoms with Crippen molar-refractivity contribution in [3.05, 3.63) is 65.6 Å². The zero-order valence-electron chi connectivity index (χ0n) is 20.4. The molecule has 0 bridgehead atoms. The predicted octanol–water partition coefficient (Wildman–Crippen LogP) is 4.57. The van der Waals surface area contributed by atoms with E-state index in [0.29, 0.717) is 58.7 Å². The van der Waals surface area contributed by atoms with Gasteiger partial charge in [0.25, 0.3) is 0 Å². The standard InChI is InChI=1S/C26H23F2N5O2.CH4O/c27-19-12-20(18-4-1-15(7-10-34)22(28)11-18)23-21(13-19)25(30-14-29-23)33-8-5-16(6-9-33)24-31-26(35-32-24)17-2-3-17;1-2/h1,4,10-14,16-17H,2-3,5-9H2;2H,1H3. The second-order valence-electron chi connectivity index (χ2n) is 9.25. The lowest BCUT2D eigenvalue weighted by Gasteiger charge is -2.32. The Labute approximate surface area is 212 Å². The first-order valence-electron chi connectivity index (χ1n) is 12.3. The molecule has 0 radical (unpaired) electrons. The fourth-order valence-electron chi connectivity index (χ4n) is 4.82. The van der Waals surface area contributed by atoms with Gasteiger partial charge < -0.3 is 19.3 Å². The molecule has 1 aliphatic carbocycles. The van der Waals surface area contributed by atoms with Crippen LogP contribution in [0, 0.1) is 11.6 Å². The van der Waals surface area contributed by atoms with Gasteiger partial charge in [0.15, 0.2) is 5.82 Å². The number of hydrogen-bond acceptors (Lipinski definition) is 8. The van der Waals surface area contributed by atoms with Crippen LogP contribution in [0.1, 0.15) is 54.8 Å². The molecule has 1 aliphatic heterocycles. The Bertz CT molecular complexity index is 1410. The van der Waals surface area contributed by atoms with Crippen molar-refractivity contribution >= 4 is 23.0 Å². The molecule has 8 nitrogen and oxygen atoms in total. The largest absolute Gasteiger partial charge is 0.400 e. The van der Waals surface area contributed by atoms with Gasteiger partial charge in [0.05, 0.1) is 5.52 Å². The van der Waals surface area contributed by atoms with Crippen LogP contribution >= 0.6 is 0 Å². The quantitative estimate of drug-likeness (QED) is 0.379. The minimum absolute atomic E-state index is 0.00988. The summed E-state index contributed by atoms with van der Waals surface area (Å²) in [6, 6.07) is 7.34. The number of fused-ring (bicyclic) bond motifs is 1. The molecule has 2 aromatic carbocycles. The molecule has 4 aromatic rings. The van der Waals surface area contributed by atoms with Crippen LogP contribution in [0.2, 0.25) is 0 Å². The third kappa shape index (κ3) is 5.06. The fourth-order valence-corrected chi connectivity index (χ4v) is 4.82. The van der Waals surface area contributed by atoms with Crippen LogP contribution in [-0.2, 0) is 11.2 Å². The second kappa shape index (κ2) is 10.7. The highest BCUT2D eigenvalue weighted by atomic mass is 19.1. The number of nitrogens with zero attached hydrogens (tertiary/aromatic N) is 5. The van der Waals surface area contributed by atoms with Gasteiger partial charge in [-0.2, -0.15) is 4.98 Å². The lowest BCUT2D eigenvalue weighted by Crippen LogP contribution is -2.34. The Kier molecular flexibility index (Phi) is 7.18. The average molecular weight is 508 g/mol. The maximum Gasteiger partial charge on any atom is 0.229 e. The minimum atomic E-state index is -0.505. The molecule has 6 rings (SSSR count).